The second kappa shape index (κ2) is 20.2. The highest BCUT2D eigenvalue weighted by Gasteiger charge is 2.63. The van der Waals surface area contributed by atoms with Gasteiger partial charge in [0.05, 0.1) is 18.3 Å². The summed E-state index contributed by atoms with van der Waals surface area (Å²) in [6.45, 7) is 3.64. The van der Waals surface area contributed by atoms with Crippen LogP contribution in [0.25, 0.3) is 0 Å². The topological polar surface area (TPSA) is 66.5 Å². The van der Waals surface area contributed by atoms with E-state index in [1.807, 2.05) is 0 Å². The fraction of sp³-hybridized carbons (Fsp3) is 0.919. The molecule has 0 aromatic rings. The van der Waals surface area contributed by atoms with Crippen LogP contribution in [-0.2, 0) is 28.5 Å². The quantitative estimate of drug-likeness (QED) is 0.107. The summed E-state index contributed by atoms with van der Waals surface area (Å²) in [5, 5.41) is 0. The third-order valence-corrected chi connectivity index (χ3v) is 10.1. The van der Waals surface area contributed by atoms with Crippen molar-refractivity contribution in [2.75, 3.05) is 0 Å². The maximum atomic E-state index is 12.4. The molecule has 1 saturated heterocycles. The Morgan fingerprint density at radius 1 is 0.605 bits per heavy atom. The summed E-state index contributed by atoms with van der Waals surface area (Å²) < 4.78 is 32.6. The first-order valence-corrected chi connectivity index (χ1v) is 18.7. The van der Waals surface area contributed by atoms with E-state index in [0.717, 1.165) is 51.4 Å². The Bertz CT molecular complexity index is 712. The molecule has 0 N–H and O–H groups in total. The van der Waals surface area contributed by atoms with E-state index in [1.54, 1.807) is 0 Å². The van der Waals surface area contributed by atoms with Gasteiger partial charge in [-0.25, -0.2) is 4.79 Å². The highest BCUT2D eigenvalue weighted by Crippen LogP contribution is 2.46. The monoisotopic (exact) mass is 604 g/mol. The van der Waals surface area contributed by atoms with Crippen LogP contribution in [0.2, 0.25) is 0 Å². The molecule has 6 nitrogen and oxygen atoms in total. The number of hydrogen-bond donors (Lipinski definition) is 0. The van der Waals surface area contributed by atoms with Gasteiger partial charge in [0.2, 0.25) is 6.29 Å². The number of carbonyl (C=O) groups is 1. The Kier molecular flexibility index (Phi) is 16.4. The molecule has 0 amide bonds. The molecule has 3 saturated carbocycles. The van der Waals surface area contributed by atoms with E-state index in [0.29, 0.717) is 6.42 Å². The van der Waals surface area contributed by atoms with Gasteiger partial charge in [0.25, 0.3) is 0 Å². The SMILES string of the molecule is C=CC(=O)OC(CC1OC1(OC1CCCCCCCCC1)OC1CCCCCCCCC1)OC1CCCCCCCCC1. The predicted molar refractivity (Wildman–Crippen MR) is 172 cm³/mol. The molecule has 1 aliphatic heterocycles. The third-order valence-electron chi connectivity index (χ3n) is 10.1. The predicted octanol–water partition coefficient (Wildman–Crippen LogP) is 10.2. The van der Waals surface area contributed by atoms with Crippen LogP contribution in [0.3, 0.4) is 0 Å². The smallest absolute Gasteiger partial charge is 0.332 e. The Morgan fingerprint density at radius 3 is 1.33 bits per heavy atom. The zero-order valence-corrected chi connectivity index (χ0v) is 27.4. The molecule has 1 heterocycles. The van der Waals surface area contributed by atoms with Gasteiger partial charge in [-0.05, 0) is 38.5 Å². The van der Waals surface area contributed by atoms with E-state index >= 15 is 0 Å². The van der Waals surface area contributed by atoms with E-state index in [-0.39, 0.29) is 24.4 Å². The van der Waals surface area contributed by atoms with Gasteiger partial charge in [0.1, 0.15) is 0 Å². The minimum absolute atomic E-state index is 0.0901. The van der Waals surface area contributed by atoms with Gasteiger partial charge in [0.15, 0.2) is 6.10 Å². The van der Waals surface area contributed by atoms with Crippen molar-refractivity contribution in [3.63, 3.8) is 0 Å². The largest absolute Gasteiger partial charge is 0.432 e. The van der Waals surface area contributed by atoms with E-state index in [9.17, 15) is 4.79 Å². The van der Waals surface area contributed by atoms with Crippen LogP contribution in [0.15, 0.2) is 12.7 Å². The highest BCUT2D eigenvalue weighted by molar-refractivity contribution is 5.81. The molecule has 2 atom stereocenters. The molecular formula is C37H64O6. The van der Waals surface area contributed by atoms with Crippen LogP contribution < -0.4 is 0 Å². The van der Waals surface area contributed by atoms with Gasteiger partial charge >= 0.3 is 11.9 Å². The third kappa shape index (κ3) is 13.5. The lowest BCUT2D eigenvalue weighted by Crippen LogP contribution is -2.36. The molecule has 6 heteroatoms. The molecule has 248 valence electrons. The van der Waals surface area contributed by atoms with Crippen LogP contribution in [0, 0.1) is 0 Å². The van der Waals surface area contributed by atoms with Gasteiger partial charge in [0, 0.05) is 12.5 Å². The molecule has 43 heavy (non-hydrogen) atoms. The van der Waals surface area contributed by atoms with Crippen molar-refractivity contribution in [2.45, 2.75) is 216 Å². The van der Waals surface area contributed by atoms with Gasteiger partial charge in [-0.2, -0.15) is 0 Å². The van der Waals surface area contributed by atoms with Crippen LogP contribution in [-0.4, -0.2) is 42.6 Å². The first kappa shape index (κ1) is 34.9. The molecule has 0 aromatic carbocycles. The molecule has 2 unspecified atom stereocenters. The van der Waals surface area contributed by atoms with Gasteiger partial charge in [-0.15, -0.1) is 0 Å². The molecule has 4 aliphatic rings. The molecule has 0 spiro atoms. The Labute approximate surface area is 263 Å². The fourth-order valence-corrected chi connectivity index (χ4v) is 7.44. The van der Waals surface area contributed by atoms with Crippen LogP contribution >= 0.6 is 0 Å². The summed E-state index contributed by atoms with van der Waals surface area (Å²) in [4.78, 5) is 12.4. The number of hydrogen-bond acceptors (Lipinski definition) is 6. The molecule has 0 radical (unpaired) electrons. The Balaban J connectivity index is 1.44. The minimum Gasteiger partial charge on any atom is -0.432 e. The molecule has 4 fully saturated rings. The van der Waals surface area contributed by atoms with Gasteiger partial charge in [-0.3, -0.25) is 0 Å². The van der Waals surface area contributed by atoms with Gasteiger partial charge < -0.3 is 23.7 Å². The maximum Gasteiger partial charge on any atom is 0.332 e. The lowest BCUT2D eigenvalue weighted by Gasteiger charge is -2.29. The van der Waals surface area contributed by atoms with E-state index < -0.39 is 18.2 Å². The number of rotatable bonds is 10. The van der Waals surface area contributed by atoms with Crippen molar-refractivity contribution in [1.82, 2.24) is 0 Å². The zero-order chi connectivity index (χ0) is 30.0. The average molecular weight is 605 g/mol. The Morgan fingerprint density at radius 2 is 0.953 bits per heavy atom. The fourth-order valence-electron chi connectivity index (χ4n) is 7.44. The summed E-state index contributed by atoms with van der Waals surface area (Å²) in [6.07, 6.45) is 33.9. The normalized spacial score (nSPS) is 27.4. The number of esters is 1. The number of carbonyl (C=O) groups excluding carboxylic acids is 1. The second-order valence-corrected chi connectivity index (χ2v) is 13.9. The molecular weight excluding hydrogens is 540 g/mol. The highest BCUT2D eigenvalue weighted by atomic mass is 17.0. The summed E-state index contributed by atoms with van der Waals surface area (Å²) in [5.41, 5.74) is 0. The summed E-state index contributed by atoms with van der Waals surface area (Å²) in [7, 11) is 0. The lowest BCUT2D eigenvalue weighted by atomic mass is 9.98. The van der Waals surface area contributed by atoms with Crippen molar-refractivity contribution in [1.29, 1.82) is 0 Å². The van der Waals surface area contributed by atoms with Crippen LogP contribution in [0.4, 0.5) is 0 Å². The zero-order valence-electron chi connectivity index (χ0n) is 27.4. The molecule has 0 bridgehead atoms. The van der Waals surface area contributed by atoms with Crippen molar-refractivity contribution in [3.05, 3.63) is 12.7 Å². The first-order valence-electron chi connectivity index (χ1n) is 18.7. The Hall–Kier alpha value is -0.950. The average Bonchev–Trinajstić information content (AvgIpc) is 3.68. The molecule has 3 aliphatic carbocycles. The van der Waals surface area contributed by atoms with Crippen molar-refractivity contribution < 1.29 is 28.5 Å². The number of ether oxygens (including phenoxy) is 5. The summed E-state index contributed by atoms with van der Waals surface area (Å²) in [5.74, 6) is -1.50. The summed E-state index contributed by atoms with van der Waals surface area (Å²) >= 11 is 0. The van der Waals surface area contributed by atoms with E-state index in [4.69, 9.17) is 23.7 Å². The minimum atomic E-state index is -1.05. The van der Waals surface area contributed by atoms with Crippen LogP contribution in [0.1, 0.15) is 180 Å². The molecule has 4 rings (SSSR count). The van der Waals surface area contributed by atoms with Crippen LogP contribution in [0.5, 0.6) is 0 Å². The number of epoxide rings is 1. The maximum absolute atomic E-state index is 12.4. The second-order valence-electron chi connectivity index (χ2n) is 13.9. The molecule has 0 aromatic heterocycles. The lowest BCUT2D eigenvalue weighted by molar-refractivity contribution is -0.274. The van der Waals surface area contributed by atoms with Crippen molar-refractivity contribution >= 4 is 5.97 Å². The first-order chi connectivity index (χ1) is 21.2. The van der Waals surface area contributed by atoms with Crippen molar-refractivity contribution in [2.24, 2.45) is 0 Å². The standard InChI is InChI=1S/C37H64O6/c1-2-35(38)40-36(39-31-24-18-12-6-3-7-13-19-25-31)30-34-37(43-34,41-32-26-20-14-8-4-9-15-21-27-32)42-33-28-22-16-10-5-11-17-23-29-33/h2,31-34,36H,1,3-30H2. The van der Waals surface area contributed by atoms with Gasteiger partial charge in [-0.1, -0.05) is 141 Å². The summed E-state index contributed by atoms with van der Waals surface area (Å²) in [6, 6.07) is 0. The van der Waals surface area contributed by atoms with Crippen molar-refractivity contribution in [3.8, 4) is 0 Å². The van der Waals surface area contributed by atoms with E-state index in [2.05, 4.69) is 6.58 Å². The van der Waals surface area contributed by atoms with E-state index in [1.165, 1.54) is 128 Å².